The molecule has 3 aromatic carbocycles. The molecule has 254 valence electrons. The summed E-state index contributed by atoms with van der Waals surface area (Å²) in [6.45, 7) is 3.53. The first-order chi connectivity index (χ1) is 23.5. The van der Waals surface area contributed by atoms with Gasteiger partial charge >= 0.3 is 6.01 Å². The van der Waals surface area contributed by atoms with Gasteiger partial charge in [-0.15, -0.1) is 6.42 Å². The first-order valence-corrected chi connectivity index (χ1v) is 16.6. The number of nitrogens with one attached hydrogen (secondary N) is 1. The zero-order chi connectivity index (χ0) is 34.2. The fourth-order valence-corrected chi connectivity index (χ4v) is 8.06. The zero-order valence-electron chi connectivity index (χ0n) is 26.8. The maximum Gasteiger partial charge on any atom is 0.319 e. The topological polar surface area (TPSA) is 73.8 Å². The van der Waals surface area contributed by atoms with E-state index in [9.17, 15) is 18.3 Å². The Labute approximate surface area is 279 Å². The summed E-state index contributed by atoms with van der Waals surface area (Å²) in [6.07, 6.45) is 8.06. The van der Waals surface area contributed by atoms with E-state index in [-0.39, 0.29) is 81.1 Å². The highest BCUT2D eigenvalue weighted by Crippen LogP contribution is 2.44. The van der Waals surface area contributed by atoms with Gasteiger partial charge in [0.2, 0.25) is 0 Å². The number of likely N-dealkylation sites (tertiary alicyclic amines) is 1. The van der Waals surface area contributed by atoms with Gasteiger partial charge in [-0.2, -0.15) is 18.7 Å². The molecule has 0 unspecified atom stereocenters. The van der Waals surface area contributed by atoms with Crippen LogP contribution >= 0.6 is 0 Å². The lowest BCUT2D eigenvalue weighted by Crippen LogP contribution is -2.51. The van der Waals surface area contributed by atoms with Crippen LogP contribution < -0.4 is 15.0 Å². The Morgan fingerprint density at radius 1 is 1.06 bits per heavy atom. The quantitative estimate of drug-likeness (QED) is 0.170. The fraction of sp³-hybridized carbons (Fsp3) is 0.405. The van der Waals surface area contributed by atoms with Crippen molar-refractivity contribution in [1.82, 2.24) is 20.2 Å². The molecule has 0 radical (unpaired) electrons. The molecule has 1 saturated carbocycles. The van der Waals surface area contributed by atoms with Crippen LogP contribution in [0.15, 0.2) is 42.0 Å². The molecule has 4 aliphatic rings. The van der Waals surface area contributed by atoms with E-state index in [0.717, 1.165) is 43.9 Å². The van der Waals surface area contributed by atoms with E-state index in [2.05, 4.69) is 26.1 Å². The molecule has 0 amide bonds. The minimum atomic E-state index is -1.73. The van der Waals surface area contributed by atoms with Crippen LogP contribution in [0.1, 0.15) is 44.6 Å². The Bertz CT molecular complexity index is 2080. The number of nitrogens with zero attached hydrogens (tertiary/aromatic N) is 4. The number of ether oxygens (including phenoxy) is 1. The monoisotopic (exact) mass is 675 g/mol. The van der Waals surface area contributed by atoms with E-state index in [1.165, 1.54) is 12.1 Å². The molecule has 4 fully saturated rings. The van der Waals surface area contributed by atoms with E-state index in [0.29, 0.717) is 32.2 Å². The molecule has 3 saturated heterocycles. The van der Waals surface area contributed by atoms with Gasteiger partial charge < -0.3 is 20.1 Å². The Morgan fingerprint density at radius 3 is 2.51 bits per heavy atom. The third-order valence-electron chi connectivity index (χ3n) is 10.6. The third kappa shape index (κ3) is 5.53. The van der Waals surface area contributed by atoms with Crippen molar-refractivity contribution in [3.05, 3.63) is 65.0 Å². The minimum absolute atomic E-state index is 0.0203. The highest BCUT2D eigenvalue weighted by molar-refractivity contribution is 6.04. The summed E-state index contributed by atoms with van der Waals surface area (Å²) in [6, 6.07) is 6.56. The molecule has 49 heavy (non-hydrogen) atoms. The van der Waals surface area contributed by atoms with Crippen molar-refractivity contribution >= 4 is 27.5 Å². The lowest BCUT2D eigenvalue weighted by molar-refractivity contribution is 0.0848. The number of piperazine rings is 1. The molecule has 3 atom stereocenters. The fourth-order valence-electron chi connectivity index (χ4n) is 8.06. The predicted octanol–water partition coefficient (Wildman–Crippen LogP) is 6.90. The second kappa shape index (κ2) is 11.8. The maximum absolute atomic E-state index is 16.9. The molecule has 4 heterocycles. The summed E-state index contributed by atoms with van der Waals surface area (Å²) in [7, 11) is 0. The summed E-state index contributed by atoms with van der Waals surface area (Å²) in [5, 5.41) is 14.5. The van der Waals surface area contributed by atoms with E-state index >= 15 is 8.78 Å². The number of halogens is 5. The predicted molar refractivity (Wildman–Crippen MR) is 176 cm³/mol. The van der Waals surface area contributed by atoms with Crippen LogP contribution in [0.5, 0.6) is 11.8 Å². The molecule has 1 aromatic heterocycles. The van der Waals surface area contributed by atoms with Crippen molar-refractivity contribution in [3.8, 4) is 35.2 Å². The Balaban J connectivity index is 1.28. The SMILES string of the molecule is C#Cc1c(F)ccc2cc(O)cc(-c3c(F)cc4c(N5C[C@H]6CC[C@@H](C5)N6)nc(OC[C@@]5(C)CN(C6CC6)CCC5=C(F)F)nc4c3F)c12. The Morgan fingerprint density at radius 2 is 1.82 bits per heavy atom. The largest absolute Gasteiger partial charge is 0.508 e. The molecule has 2 bridgehead atoms. The summed E-state index contributed by atoms with van der Waals surface area (Å²) < 4.78 is 82.6. The standard InChI is InChI=1S/C37H34F5N5O2/c1-3-24-28(38)9-4-19-12-23(48)13-25(30(19)24)31-29(39)14-26-33(32(31)40)44-36(45-35(26)47-15-20-5-6-21(16-47)43-20)49-18-37(2)17-46(22-7-8-22)11-10-27(37)34(41)42/h1,4,9,12-14,20-22,43,48H,5-8,10-11,15-18H2,2H3/t20-,21+,37-/m1/s1. The molecule has 0 spiro atoms. The molecule has 8 rings (SSSR count). The summed E-state index contributed by atoms with van der Waals surface area (Å²) >= 11 is 0. The van der Waals surface area contributed by atoms with Crippen LogP contribution in [-0.4, -0.2) is 70.9 Å². The van der Waals surface area contributed by atoms with Crippen molar-refractivity contribution in [1.29, 1.82) is 0 Å². The van der Waals surface area contributed by atoms with Crippen LogP contribution in [0.2, 0.25) is 0 Å². The summed E-state index contributed by atoms with van der Waals surface area (Å²) in [5.41, 5.74) is -2.21. The van der Waals surface area contributed by atoms with Crippen molar-refractivity contribution < 1.29 is 31.8 Å². The van der Waals surface area contributed by atoms with Gasteiger partial charge in [0.15, 0.2) is 5.82 Å². The average Bonchev–Trinajstić information content (AvgIpc) is 3.87. The number of hydrogen-bond donors (Lipinski definition) is 2. The molecular formula is C37H34F5N5O2. The maximum atomic E-state index is 16.9. The second-order valence-corrected chi connectivity index (χ2v) is 14.0. The molecule has 1 aliphatic carbocycles. The number of hydrogen-bond acceptors (Lipinski definition) is 7. The summed E-state index contributed by atoms with van der Waals surface area (Å²) in [5.74, 6) is -0.585. The second-order valence-electron chi connectivity index (χ2n) is 14.0. The first-order valence-electron chi connectivity index (χ1n) is 16.6. The third-order valence-corrected chi connectivity index (χ3v) is 10.6. The highest BCUT2D eigenvalue weighted by atomic mass is 19.3. The zero-order valence-corrected chi connectivity index (χ0v) is 26.8. The molecule has 4 aromatic rings. The Hall–Kier alpha value is -4.47. The molecule has 3 aliphatic heterocycles. The number of phenols is 1. The number of benzene rings is 3. The molecular weight excluding hydrogens is 641 g/mol. The number of aromatic nitrogens is 2. The number of rotatable bonds is 6. The number of fused-ring (bicyclic) bond motifs is 4. The van der Waals surface area contributed by atoms with Gasteiger partial charge in [-0.3, -0.25) is 4.90 Å². The smallest absolute Gasteiger partial charge is 0.319 e. The van der Waals surface area contributed by atoms with Gasteiger partial charge in [-0.1, -0.05) is 18.9 Å². The first kappa shape index (κ1) is 31.8. The number of phenolic OH excluding ortho intramolecular Hbond substituents is 1. The Kier molecular flexibility index (Phi) is 7.68. The van der Waals surface area contributed by atoms with E-state index < -0.39 is 34.5 Å². The van der Waals surface area contributed by atoms with Crippen molar-refractivity contribution in [2.45, 2.75) is 57.2 Å². The van der Waals surface area contributed by atoms with Gasteiger partial charge in [0.1, 0.15) is 35.3 Å². The minimum Gasteiger partial charge on any atom is -0.508 e. The van der Waals surface area contributed by atoms with Crippen molar-refractivity contribution in [2.24, 2.45) is 5.41 Å². The van der Waals surface area contributed by atoms with Crippen LogP contribution in [-0.2, 0) is 0 Å². The van der Waals surface area contributed by atoms with Crippen LogP contribution in [0.3, 0.4) is 0 Å². The van der Waals surface area contributed by atoms with Crippen LogP contribution in [0.4, 0.5) is 27.8 Å². The summed E-state index contributed by atoms with van der Waals surface area (Å²) in [4.78, 5) is 13.2. The van der Waals surface area contributed by atoms with Gasteiger partial charge in [0.25, 0.3) is 6.08 Å². The number of terminal acetylenes is 1. The average molecular weight is 676 g/mol. The number of aromatic hydroxyl groups is 1. The van der Waals surface area contributed by atoms with Gasteiger partial charge in [-0.25, -0.2) is 13.2 Å². The molecule has 7 nitrogen and oxygen atoms in total. The lowest BCUT2D eigenvalue weighted by atomic mass is 9.78. The van der Waals surface area contributed by atoms with Crippen molar-refractivity contribution in [2.75, 3.05) is 37.7 Å². The van der Waals surface area contributed by atoms with Gasteiger partial charge in [0.05, 0.1) is 11.1 Å². The lowest BCUT2D eigenvalue weighted by Gasteiger charge is -2.41. The number of piperidine rings is 1. The van der Waals surface area contributed by atoms with Crippen LogP contribution in [0.25, 0.3) is 32.8 Å². The van der Waals surface area contributed by atoms with Crippen LogP contribution in [0, 0.1) is 35.2 Å². The van der Waals surface area contributed by atoms with E-state index in [4.69, 9.17) is 11.2 Å². The van der Waals surface area contributed by atoms with Gasteiger partial charge in [-0.05, 0) is 61.8 Å². The van der Waals surface area contributed by atoms with Crippen molar-refractivity contribution in [3.63, 3.8) is 0 Å². The highest BCUT2D eigenvalue weighted by Gasteiger charge is 2.43. The molecule has 12 heteroatoms. The normalized spacial score (nSPS) is 24.1. The van der Waals surface area contributed by atoms with E-state index in [1.807, 2.05) is 4.90 Å². The molecule has 2 N–H and O–H groups in total. The van der Waals surface area contributed by atoms with Gasteiger partial charge in [0, 0.05) is 71.6 Å². The van der Waals surface area contributed by atoms with E-state index in [1.54, 1.807) is 6.92 Å². The number of anilines is 1.